The summed E-state index contributed by atoms with van der Waals surface area (Å²) in [5.74, 6) is -2.71. The topological polar surface area (TPSA) is 75.6 Å². The first-order valence-electron chi connectivity index (χ1n) is 7.15. The molecule has 2 heterocycles. The molecular formula is C16H16ClNO4. The number of fused-ring (bicyclic) bond motifs is 2. The third kappa shape index (κ3) is 2.87. The second-order valence-electron chi connectivity index (χ2n) is 5.51. The summed E-state index contributed by atoms with van der Waals surface area (Å²) < 4.78 is 5.49. The molecule has 22 heavy (non-hydrogen) atoms. The molecule has 1 aromatic carbocycles. The lowest BCUT2D eigenvalue weighted by Gasteiger charge is -2.20. The number of ether oxygens (including phenoxy) is 1. The number of nitrogens with one attached hydrogen (secondary N) is 1. The molecule has 0 spiro atoms. The lowest BCUT2D eigenvalue weighted by atomic mass is 9.82. The van der Waals surface area contributed by atoms with E-state index < -0.39 is 30.0 Å². The van der Waals surface area contributed by atoms with E-state index in [1.165, 1.54) is 0 Å². The molecule has 0 aliphatic carbocycles. The van der Waals surface area contributed by atoms with Crippen molar-refractivity contribution in [2.75, 3.05) is 6.54 Å². The highest BCUT2D eigenvalue weighted by Crippen LogP contribution is 2.39. The molecule has 0 radical (unpaired) electrons. The van der Waals surface area contributed by atoms with E-state index in [4.69, 9.17) is 16.3 Å². The fourth-order valence-corrected chi connectivity index (χ4v) is 3.14. The number of carbonyl (C=O) groups is 2. The van der Waals surface area contributed by atoms with Gasteiger partial charge in [0.15, 0.2) is 0 Å². The van der Waals surface area contributed by atoms with Gasteiger partial charge in [0.2, 0.25) is 5.91 Å². The molecular weight excluding hydrogens is 306 g/mol. The van der Waals surface area contributed by atoms with Gasteiger partial charge < -0.3 is 15.2 Å². The minimum atomic E-state index is -0.991. The van der Waals surface area contributed by atoms with Gasteiger partial charge in [-0.25, -0.2) is 0 Å². The van der Waals surface area contributed by atoms with Gasteiger partial charge >= 0.3 is 5.97 Å². The van der Waals surface area contributed by atoms with Crippen LogP contribution in [0.1, 0.15) is 5.56 Å². The Hall–Kier alpha value is -1.85. The minimum absolute atomic E-state index is 0.266. The number of benzene rings is 1. The summed E-state index contributed by atoms with van der Waals surface area (Å²) in [5.41, 5.74) is 1.06. The monoisotopic (exact) mass is 321 g/mol. The first-order chi connectivity index (χ1) is 10.6. The minimum Gasteiger partial charge on any atom is -0.481 e. The Morgan fingerprint density at radius 3 is 2.41 bits per heavy atom. The number of rotatable bonds is 5. The molecule has 116 valence electrons. The number of aliphatic carboxylic acids is 1. The number of carbonyl (C=O) groups excluding carboxylic acids is 1. The molecule has 1 saturated heterocycles. The van der Waals surface area contributed by atoms with Crippen LogP contribution in [0.15, 0.2) is 36.4 Å². The Balaban J connectivity index is 1.56. The molecule has 0 saturated carbocycles. The van der Waals surface area contributed by atoms with Crippen molar-refractivity contribution in [1.29, 1.82) is 0 Å². The highest BCUT2D eigenvalue weighted by molar-refractivity contribution is 6.30. The molecule has 0 aromatic heterocycles. The van der Waals surface area contributed by atoms with Gasteiger partial charge in [-0.3, -0.25) is 9.59 Å². The van der Waals surface area contributed by atoms with Crippen LogP contribution in [0, 0.1) is 11.8 Å². The maximum atomic E-state index is 12.3. The summed E-state index contributed by atoms with van der Waals surface area (Å²) in [6, 6.07) is 7.40. The Morgan fingerprint density at radius 2 is 1.77 bits per heavy atom. The van der Waals surface area contributed by atoms with E-state index in [9.17, 15) is 14.7 Å². The third-order valence-electron chi connectivity index (χ3n) is 4.11. The van der Waals surface area contributed by atoms with Crippen molar-refractivity contribution in [3.8, 4) is 0 Å². The predicted octanol–water partition coefficient (Wildman–Crippen LogP) is 1.65. The summed E-state index contributed by atoms with van der Waals surface area (Å²) in [5, 5.41) is 12.8. The fourth-order valence-electron chi connectivity index (χ4n) is 3.01. The van der Waals surface area contributed by atoms with E-state index in [2.05, 4.69) is 5.32 Å². The van der Waals surface area contributed by atoms with E-state index in [-0.39, 0.29) is 5.91 Å². The molecule has 0 unspecified atom stereocenters. The van der Waals surface area contributed by atoms with Crippen molar-refractivity contribution in [3.63, 3.8) is 0 Å². The lowest BCUT2D eigenvalue weighted by Crippen LogP contribution is -2.43. The van der Waals surface area contributed by atoms with Crippen molar-refractivity contribution in [2.45, 2.75) is 18.6 Å². The summed E-state index contributed by atoms with van der Waals surface area (Å²) >= 11 is 5.82. The largest absolute Gasteiger partial charge is 0.481 e. The maximum absolute atomic E-state index is 12.3. The summed E-state index contributed by atoms with van der Waals surface area (Å²) in [6.07, 6.45) is 3.24. The van der Waals surface area contributed by atoms with E-state index in [1.54, 1.807) is 24.3 Å². The number of amides is 1. The number of hydrogen-bond acceptors (Lipinski definition) is 3. The average Bonchev–Trinajstić information content (AvgIpc) is 3.09. The van der Waals surface area contributed by atoms with Crippen LogP contribution in [0.5, 0.6) is 0 Å². The maximum Gasteiger partial charge on any atom is 0.310 e. The van der Waals surface area contributed by atoms with Crippen molar-refractivity contribution in [1.82, 2.24) is 5.32 Å². The van der Waals surface area contributed by atoms with Crippen LogP contribution in [0.25, 0.3) is 0 Å². The van der Waals surface area contributed by atoms with E-state index in [0.29, 0.717) is 18.0 Å². The van der Waals surface area contributed by atoms with Crippen molar-refractivity contribution in [3.05, 3.63) is 47.0 Å². The van der Waals surface area contributed by atoms with E-state index in [0.717, 1.165) is 5.56 Å². The van der Waals surface area contributed by atoms with Crippen molar-refractivity contribution < 1.29 is 19.4 Å². The van der Waals surface area contributed by atoms with Crippen LogP contribution in [-0.4, -0.2) is 35.7 Å². The zero-order valence-electron chi connectivity index (χ0n) is 11.7. The fraction of sp³-hybridized carbons (Fsp3) is 0.375. The van der Waals surface area contributed by atoms with Gasteiger partial charge in [-0.2, -0.15) is 0 Å². The smallest absolute Gasteiger partial charge is 0.310 e. The van der Waals surface area contributed by atoms with Crippen LogP contribution in [0.3, 0.4) is 0 Å². The Morgan fingerprint density at radius 1 is 1.14 bits per heavy atom. The second-order valence-corrected chi connectivity index (χ2v) is 5.94. The summed E-state index contributed by atoms with van der Waals surface area (Å²) in [4.78, 5) is 23.6. The normalized spacial score (nSPS) is 28.8. The zero-order chi connectivity index (χ0) is 15.7. The van der Waals surface area contributed by atoms with Crippen LogP contribution < -0.4 is 5.32 Å². The molecule has 2 N–H and O–H groups in total. The summed E-state index contributed by atoms with van der Waals surface area (Å²) in [7, 11) is 0. The molecule has 4 atom stereocenters. The predicted molar refractivity (Wildman–Crippen MR) is 80.6 cm³/mol. The number of carboxylic acids is 1. The van der Waals surface area contributed by atoms with Gasteiger partial charge in [0.25, 0.3) is 0 Å². The van der Waals surface area contributed by atoms with Gasteiger partial charge in [-0.05, 0) is 24.1 Å². The molecule has 1 amide bonds. The second kappa shape index (κ2) is 6.10. The molecule has 5 nitrogen and oxygen atoms in total. The van der Waals surface area contributed by atoms with E-state index >= 15 is 0 Å². The van der Waals surface area contributed by atoms with Crippen LogP contribution in [0.4, 0.5) is 0 Å². The van der Waals surface area contributed by atoms with Crippen LogP contribution >= 0.6 is 11.6 Å². The Bertz CT molecular complexity index is 613. The standard InChI is InChI=1S/C16H16ClNO4/c17-10-3-1-9(2-4-10)7-8-18-15(19)13-11-5-6-12(22-11)14(13)16(20)21/h1-6,11-14H,7-8H2,(H,18,19)(H,20,21)/t11-,12+,13-,14-/m0/s1. The van der Waals surface area contributed by atoms with Gasteiger partial charge in [-0.1, -0.05) is 35.9 Å². The van der Waals surface area contributed by atoms with Gasteiger partial charge in [0.05, 0.1) is 18.1 Å². The van der Waals surface area contributed by atoms with Crippen LogP contribution in [-0.2, 0) is 20.7 Å². The Labute approximate surface area is 132 Å². The molecule has 3 rings (SSSR count). The molecule has 6 heteroatoms. The molecule has 2 aliphatic rings. The van der Waals surface area contributed by atoms with Crippen molar-refractivity contribution >= 4 is 23.5 Å². The zero-order valence-corrected chi connectivity index (χ0v) is 12.5. The number of halogens is 1. The quantitative estimate of drug-likeness (QED) is 0.809. The summed E-state index contributed by atoms with van der Waals surface area (Å²) in [6.45, 7) is 0.449. The van der Waals surface area contributed by atoms with Gasteiger partial charge in [0.1, 0.15) is 5.92 Å². The molecule has 2 bridgehead atoms. The first-order valence-corrected chi connectivity index (χ1v) is 7.53. The lowest BCUT2D eigenvalue weighted by molar-refractivity contribution is -0.146. The molecule has 1 aromatic rings. The third-order valence-corrected chi connectivity index (χ3v) is 4.37. The molecule has 2 aliphatic heterocycles. The van der Waals surface area contributed by atoms with E-state index in [1.807, 2.05) is 12.1 Å². The highest BCUT2D eigenvalue weighted by atomic mass is 35.5. The Kier molecular flexibility index (Phi) is 4.18. The van der Waals surface area contributed by atoms with Crippen molar-refractivity contribution in [2.24, 2.45) is 11.8 Å². The molecule has 1 fully saturated rings. The average molecular weight is 322 g/mol. The number of carboxylic acid groups (broad SMARTS) is 1. The number of hydrogen-bond donors (Lipinski definition) is 2. The van der Waals surface area contributed by atoms with Crippen LogP contribution in [0.2, 0.25) is 5.02 Å². The first kappa shape index (κ1) is 15.1. The van der Waals surface area contributed by atoms with Gasteiger partial charge in [-0.15, -0.1) is 0 Å². The van der Waals surface area contributed by atoms with Gasteiger partial charge in [0, 0.05) is 11.6 Å². The SMILES string of the molecule is O=C(NCCc1ccc(Cl)cc1)[C@@H]1[C@@H](C(=O)O)[C@H]2C=C[C@@H]1O2. The highest BCUT2D eigenvalue weighted by Gasteiger charge is 2.53.